The maximum Gasteiger partial charge on any atom is 0.322 e. The zero-order valence-corrected chi connectivity index (χ0v) is 20.7. The molecule has 0 saturated heterocycles. The summed E-state index contributed by atoms with van der Waals surface area (Å²) in [4.78, 5) is 19.3. The van der Waals surface area contributed by atoms with E-state index in [1.165, 1.54) is 22.1 Å². The summed E-state index contributed by atoms with van der Waals surface area (Å²) < 4.78 is 28.3. The van der Waals surface area contributed by atoms with Crippen LogP contribution in [0.3, 0.4) is 0 Å². The number of sulfonamides is 1. The molecule has 2 N–H and O–H groups in total. The van der Waals surface area contributed by atoms with Crippen LogP contribution in [0.5, 0.6) is 0 Å². The first-order chi connectivity index (χ1) is 16.8. The lowest BCUT2D eigenvalue weighted by atomic mass is 10.0. The van der Waals surface area contributed by atoms with Gasteiger partial charge >= 0.3 is 5.97 Å². The summed E-state index contributed by atoms with van der Waals surface area (Å²) in [5.41, 5.74) is 3.60. The summed E-state index contributed by atoms with van der Waals surface area (Å²) >= 11 is 0. The third-order valence-electron chi connectivity index (χ3n) is 5.32. The predicted octanol–water partition coefficient (Wildman–Crippen LogP) is 4.57. The van der Waals surface area contributed by atoms with Gasteiger partial charge in [-0.2, -0.15) is 4.31 Å². The zero-order chi connectivity index (χ0) is 25.3. The van der Waals surface area contributed by atoms with Crippen LogP contribution in [0.1, 0.15) is 43.5 Å². The fourth-order valence-electron chi connectivity index (χ4n) is 3.43. The Morgan fingerprint density at radius 3 is 2.49 bits per heavy atom. The van der Waals surface area contributed by atoms with Crippen LogP contribution in [0, 0.1) is 0 Å². The fourth-order valence-corrected chi connectivity index (χ4v) is 4.76. The molecule has 184 valence electrons. The summed E-state index contributed by atoms with van der Waals surface area (Å²) in [7, 11) is -3.92. The third-order valence-corrected chi connectivity index (χ3v) is 7.02. The van der Waals surface area contributed by atoms with E-state index < -0.39 is 16.0 Å². The van der Waals surface area contributed by atoms with E-state index in [1.54, 1.807) is 30.3 Å². The fraction of sp³-hybridized carbons (Fsp3) is 0.269. The van der Waals surface area contributed by atoms with E-state index >= 15 is 0 Å². The highest BCUT2D eigenvalue weighted by atomic mass is 32.2. The van der Waals surface area contributed by atoms with Crippen molar-refractivity contribution in [1.82, 2.24) is 14.3 Å². The SMILES string of the molecule is CCC/C=C(\C)c1ccc(CN(Cc2cccc(NCC(=O)O)n2)S(=O)(=O)c2ccccn2)cc1. The van der Waals surface area contributed by atoms with E-state index in [1.807, 2.05) is 24.3 Å². The van der Waals surface area contributed by atoms with Crippen molar-refractivity contribution in [2.75, 3.05) is 11.9 Å². The van der Waals surface area contributed by atoms with Crippen LogP contribution in [0.2, 0.25) is 0 Å². The summed E-state index contributed by atoms with van der Waals surface area (Å²) in [6.07, 6.45) is 5.73. The number of hydrogen-bond donors (Lipinski definition) is 2. The zero-order valence-electron chi connectivity index (χ0n) is 19.9. The van der Waals surface area contributed by atoms with Crippen molar-refractivity contribution in [2.24, 2.45) is 0 Å². The largest absolute Gasteiger partial charge is 0.480 e. The van der Waals surface area contributed by atoms with Crippen LogP contribution in [0.4, 0.5) is 5.82 Å². The molecule has 9 heteroatoms. The number of carboxylic acids is 1. The molecule has 0 atom stereocenters. The van der Waals surface area contributed by atoms with Gasteiger partial charge in [-0.1, -0.05) is 55.8 Å². The average molecular weight is 495 g/mol. The van der Waals surface area contributed by atoms with Crippen LogP contribution in [-0.4, -0.2) is 40.3 Å². The molecule has 0 spiro atoms. The number of allylic oxidation sites excluding steroid dienone is 2. The van der Waals surface area contributed by atoms with Crippen molar-refractivity contribution in [3.8, 4) is 0 Å². The molecule has 2 aromatic heterocycles. The van der Waals surface area contributed by atoms with Crippen molar-refractivity contribution in [3.63, 3.8) is 0 Å². The smallest absolute Gasteiger partial charge is 0.322 e. The predicted molar refractivity (Wildman–Crippen MR) is 136 cm³/mol. The van der Waals surface area contributed by atoms with E-state index in [9.17, 15) is 13.2 Å². The lowest BCUT2D eigenvalue weighted by Gasteiger charge is -2.22. The maximum atomic E-state index is 13.5. The number of rotatable bonds is 12. The minimum Gasteiger partial charge on any atom is -0.480 e. The number of unbranched alkanes of at least 4 members (excludes halogenated alkanes) is 1. The molecule has 8 nitrogen and oxygen atoms in total. The molecule has 0 bridgehead atoms. The number of carbonyl (C=O) groups is 1. The number of aliphatic carboxylic acids is 1. The highest BCUT2D eigenvalue weighted by molar-refractivity contribution is 7.89. The van der Waals surface area contributed by atoms with Crippen LogP contribution in [0.25, 0.3) is 5.57 Å². The number of benzene rings is 1. The van der Waals surface area contributed by atoms with E-state index in [4.69, 9.17) is 5.11 Å². The minimum absolute atomic E-state index is 0.00131. The molecule has 3 aromatic rings. The number of nitrogens with zero attached hydrogens (tertiary/aromatic N) is 3. The van der Waals surface area contributed by atoms with Gasteiger partial charge in [0.25, 0.3) is 10.0 Å². The summed E-state index contributed by atoms with van der Waals surface area (Å²) in [6, 6.07) is 17.7. The Morgan fingerprint density at radius 2 is 1.83 bits per heavy atom. The Labute approximate surface area is 206 Å². The molecule has 1 aromatic carbocycles. The average Bonchev–Trinajstić information content (AvgIpc) is 2.87. The molecule has 0 aliphatic heterocycles. The summed E-state index contributed by atoms with van der Waals surface area (Å²) in [5, 5.41) is 11.6. The molecule has 0 aliphatic rings. The van der Waals surface area contributed by atoms with Crippen molar-refractivity contribution in [3.05, 3.63) is 89.8 Å². The molecular weight excluding hydrogens is 464 g/mol. The number of carboxylic acid groups (broad SMARTS) is 1. The molecule has 0 amide bonds. The van der Waals surface area contributed by atoms with Crippen LogP contribution in [-0.2, 0) is 27.9 Å². The normalized spacial score (nSPS) is 12.0. The number of pyridine rings is 2. The Bertz CT molecular complexity index is 1260. The molecule has 35 heavy (non-hydrogen) atoms. The Balaban J connectivity index is 1.88. The second-order valence-corrected chi connectivity index (χ2v) is 9.96. The molecule has 0 radical (unpaired) electrons. The lowest BCUT2D eigenvalue weighted by molar-refractivity contribution is -0.134. The molecular formula is C26H30N4O4S. The van der Waals surface area contributed by atoms with E-state index in [0.717, 1.165) is 24.0 Å². The third kappa shape index (κ3) is 7.46. The van der Waals surface area contributed by atoms with Gasteiger partial charge in [0.05, 0.1) is 12.2 Å². The number of nitrogens with one attached hydrogen (secondary N) is 1. The molecule has 0 fully saturated rings. The van der Waals surface area contributed by atoms with Gasteiger partial charge in [-0.3, -0.25) is 4.79 Å². The Morgan fingerprint density at radius 1 is 1.06 bits per heavy atom. The first kappa shape index (κ1) is 26.1. The van der Waals surface area contributed by atoms with E-state index in [-0.39, 0.29) is 24.7 Å². The lowest BCUT2D eigenvalue weighted by Crippen LogP contribution is -2.31. The maximum absolute atomic E-state index is 13.5. The van der Waals surface area contributed by atoms with Crippen molar-refractivity contribution < 1.29 is 18.3 Å². The summed E-state index contributed by atoms with van der Waals surface area (Å²) in [6.45, 7) is 4.05. The van der Waals surface area contributed by atoms with Gasteiger partial charge in [-0.25, -0.2) is 18.4 Å². The Hall–Kier alpha value is -3.56. The minimum atomic E-state index is -3.92. The highest BCUT2D eigenvalue weighted by Gasteiger charge is 2.26. The first-order valence-corrected chi connectivity index (χ1v) is 12.8. The molecule has 2 heterocycles. The topological polar surface area (TPSA) is 112 Å². The van der Waals surface area contributed by atoms with Gasteiger partial charge in [0.15, 0.2) is 5.03 Å². The molecule has 0 aliphatic carbocycles. The van der Waals surface area contributed by atoms with Gasteiger partial charge in [0.2, 0.25) is 0 Å². The second kappa shape index (κ2) is 12.2. The van der Waals surface area contributed by atoms with Crippen LogP contribution in [0.15, 0.2) is 78.0 Å². The Kier molecular flexibility index (Phi) is 9.11. The van der Waals surface area contributed by atoms with Crippen molar-refractivity contribution >= 4 is 27.4 Å². The monoisotopic (exact) mass is 494 g/mol. The molecule has 0 unspecified atom stereocenters. The van der Waals surface area contributed by atoms with Gasteiger partial charge < -0.3 is 10.4 Å². The standard InChI is InChI=1S/C26H30N4O4S/c1-3-4-8-20(2)22-14-12-21(13-15-22)18-30(35(33,34)25-11-5-6-16-27-25)19-23-9-7-10-24(29-23)28-17-26(31)32/h5-16H,3-4,17-19H2,1-2H3,(H,28,29)(H,31,32)/b20-8+. The van der Waals surface area contributed by atoms with E-state index in [0.29, 0.717) is 11.5 Å². The number of anilines is 1. The van der Waals surface area contributed by atoms with Crippen molar-refractivity contribution in [2.45, 2.75) is 44.8 Å². The van der Waals surface area contributed by atoms with E-state index in [2.05, 4.69) is 35.2 Å². The number of hydrogen-bond acceptors (Lipinski definition) is 6. The first-order valence-electron chi connectivity index (χ1n) is 11.4. The van der Waals surface area contributed by atoms with Gasteiger partial charge in [-0.05, 0) is 54.3 Å². The van der Waals surface area contributed by atoms with Crippen LogP contribution >= 0.6 is 0 Å². The van der Waals surface area contributed by atoms with Gasteiger partial charge in [0, 0.05) is 12.7 Å². The molecule has 3 rings (SSSR count). The molecule has 0 saturated carbocycles. The van der Waals surface area contributed by atoms with Gasteiger partial charge in [0.1, 0.15) is 12.4 Å². The second-order valence-electron chi connectivity index (χ2n) is 8.08. The van der Waals surface area contributed by atoms with Crippen molar-refractivity contribution in [1.29, 1.82) is 0 Å². The van der Waals surface area contributed by atoms with Gasteiger partial charge in [-0.15, -0.1) is 0 Å². The highest BCUT2D eigenvalue weighted by Crippen LogP contribution is 2.22. The van der Waals surface area contributed by atoms with Crippen LogP contribution < -0.4 is 5.32 Å². The number of aromatic nitrogens is 2. The quantitative estimate of drug-likeness (QED) is 0.379. The summed E-state index contributed by atoms with van der Waals surface area (Å²) in [5.74, 6) is -0.654.